The van der Waals surface area contributed by atoms with Gasteiger partial charge in [0.05, 0.1) is 31.6 Å². The number of rotatable bonds is 11. The van der Waals surface area contributed by atoms with Crippen LogP contribution in [0.4, 0.5) is 5.69 Å². The minimum absolute atomic E-state index is 0.0166. The van der Waals surface area contributed by atoms with Gasteiger partial charge in [0.25, 0.3) is 5.91 Å². The Morgan fingerprint density at radius 1 is 1.07 bits per heavy atom. The average molecular weight is 431 g/mol. The van der Waals surface area contributed by atoms with Gasteiger partial charge in [0.15, 0.2) is 5.78 Å². The van der Waals surface area contributed by atoms with Crippen LogP contribution in [0.15, 0.2) is 18.2 Å². The monoisotopic (exact) mass is 431 g/mol. The summed E-state index contributed by atoms with van der Waals surface area (Å²) in [6, 6.07) is 4.12. The molecule has 0 spiro atoms. The lowest BCUT2D eigenvalue weighted by Crippen LogP contribution is -2.27. The third kappa shape index (κ3) is 7.70. The molecule has 29 heavy (non-hydrogen) atoms. The van der Waals surface area contributed by atoms with E-state index in [9.17, 15) is 24.2 Å². The van der Waals surface area contributed by atoms with Crippen LogP contribution in [0.1, 0.15) is 57.8 Å². The molecule has 1 amide bonds. The van der Waals surface area contributed by atoms with Crippen molar-refractivity contribution >= 4 is 30.5 Å². The van der Waals surface area contributed by atoms with Gasteiger partial charge >= 0.3 is 7.60 Å². The molecule has 0 heterocycles. The maximum Gasteiger partial charge on any atom is 0.396 e. The van der Waals surface area contributed by atoms with Crippen LogP contribution in [0.25, 0.3) is 0 Å². The van der Waals surface area contributed by atoms with E-state index in [1.165, 1.54) is 32.2 Å². The number of amides is 1. The van der Waals surface area contributed by atoms with Gasteiger partial charge in [0.2, 0.25) is 5.52 Å². The number of benzene rings is 1. The largest absolute Gasteiger partial charge is 0.496 e. The highest BCUT2D eigenvalue weighted by Gasteiger charge is 2.34. The molecule has 0 aliphatic carbocycles. The Kier molecular flexibility index (Phi) is 12.3. The quantitative estimate of drug-likeness (QED) is 0.239. The molecule has 0 saturated heterocycles. The summed E-state index contributed by atoms with van der Waals surface area (Å²) in [5, 5.41) is 10.4. The SMILES string of the molecule is CC.CCOP(=O)(OCC)C(=O)CCC(=O)N(O)c1ccc(OC)c(C(C)=O)c1. The molecule has 0 radical (unpaired) electrons. The Morgan fingerprint density at radius 3 is 2.07 bits per heavy atom. The average Bonchev–Trinajstić information content (AvgIpc) is 2.72. The van der Waals surface area contributed by atoms with Crippen molar-refractivity contribution < 1.29 is 37.9 Å². The van der Waals surface area contributed by atoms with Gasteiger partial charge in [0.1, 0.15) is 5.75 Å². The van der Waals surface area contributed by atoms with Crippen molar-refractivity contribution in [1.82, 2.24) is 0 Å². The summed E-state index contributed by atoms with van der Waals surface area (Å²) in [6.07, 6.45) is -0.843. The van der Waals surface area contributed by atoms with Crippen molar-refractivity contribution in [1.29, 1.82) is 0 Å². The normalized spacial score (nSPS) is 10.6. The van der Waals surface area contributed by atoms with Crippen LogP contribution in [0.3, 0.4) is 0 Å². The zero-order valence-electron chi connectivity index (χ0n) is 17.8. The number of anilines is 1. The Balaban J connectivity index is 0.00000379. The smallest absolute Gasteiger partial charge is 0.396 e. The van der Waals surface area contributed by atoms with Gasteiger partial charge in [0, 0.05) is 12.8 Å². The Morgan fingerprint density at radius 2 is 1.62 bits per heavy atom. The lowest BCUT2D eigenvalue weighted by Gasteiger charge is -2.18. The van der Waals surface area contributed by atoms with Gasteiger partial charge in [-0.1, -0.05) is 13.8 Å². The van der Waals surface area contributed by atoms with Gasteiger partial charge in [-0.2, -0.15) is 5.06 Å². The van der Waals surface area contributed by atoms with Crippen LogP contribution in [0, 0.1) is 0 Å². The number of Topliss-reactive ketones (excluding diaryl/α,β-unsaturated/α-hetero) is 1. The van der Waals surface area contributed by atoms with Crippen LogP contribution in [-0.4, -0.2) is 42.7 Å². The maximum absolute atomic E-state index is 12.3. The summed E-state index contributed by atoms with van der Waals surface area (Å²) in [6.45, 7) is 8.49. The van der Waals surface area contributed by atoms with Crippen molar-refractivity contribution in [2.24, 2.45) is 0 Å². The van der Waals surface area contributed by atoms with Crippen LogP contribution in [0.2, 0.25) is 0 Å². The first-order valence-electron chi connectivity index (χ1n) is 9.33. The molecule has 1 aromatic rings. The number of carbonyl (C=O) groups excluding carboxylic acids is 3. The second-order valence-corrected chi connectivity index (χ2v) is 7.38. The molecule has 1 rings (SSSR count). The molecule has 0 bridgehead atoms. The highest BCUT2D eigenvalue weighted by atomic mass is 31.2. The molecule has 0 aliphatic rings. The molecule has 0 fully saturated rings. The Hall–Kier alpha value is -2.06. The van der Waals surface area contributed by atoms with Crippen molar-refractivity contribution in [3.63, 3.8) is 0 Å². The fourth-order valence-electron chi connectivity index (χ4n) is 2.22. The second-order valence-electron chi connectivity index (χ2n) is 5.37. The van der Waals surface area contributed by atoms with Gasteiger partial charge in [-0.15, -0.1) is 0 Å². The number of hydrogen-bond acceptors (Lipinski definition) is 8. The van der Waals surface area contributed by atoms with Crippen LogP contribution in [0.5, 0.6) is 5.75 Å². The highest BCUT2D eigenvalue weighted by molar-refractivity contribution is 7.71. The maximum atomic E-state index is 12.3. The number of hydroxylamine groups is 1. The summed E-state index contributed by atoms with van der Waals surface area (Å²) >= 11 is 0. The predicted molar refractivity (Wildman–Crippen MR) is 109 cm³/mol. The van der Waals surface area contributed by atoms with Crippen LogP contribution >= 0.6 is 7.60 Å². The Labute approximate surface area is 171 Å². The van der Waals surface area contributed by atoms with Gasteiger partial charge in [-0.05, 0) is 39.0 Å². The molecule has 10 heteroatoms. The number of carbonyl (C=O) groups is 3. The molecular weight excluding hydrogens is 401 g/mol. The number of nitrogens with zero attached hydrogens (tertiary/aromatic N) is 1. The van der Waals surface area contributed by atoms with Gasteiger partial charge in [-0.25, -0.2) is 0 Å². The predicted octanol–water partition coefficient (Wildman–Crippen LogP) is 4.22. The first-order chi connectivity index (χ1) is 13.7. The fourth-order valence-corrected chi connectivity index (χ4v) is 3.65. The van der Waals surface area contributed by atoms with Crippen LogP contribution < -0.4 is 9.80 Å². The highest BCUT2D eigenvalue weighted by Crippen LogP contribution is 2.50. The van der Waals surface area contributed by atoms with Crippen LogP contribution in [-0.2, 0) is 23.2 Å². The van der Waals surface area contributed by atoms with E-state index in [0.717, 1.165) is 0 Å². The van der Waals surface area contributed by atoms with E-state index in [0.29, 0.717) is 10.8 Å². The Bertz CT molecular complexity index is 740. The summed E-state index contributed by atoms with van der Waals surface area (Å²) < 4.78 is 27.2. The standard InChI is InChI=1S/C17H24NO8P.C2H6/c1-5-25-27(23,26-6-2)17(21)10-9-16(20)18(22)13-7-8-15(24-4)14(11-13)12(3)19;1-2/h7-8,11,22H,5-6,9-10H2,1-4H3;1-2H3. The molecular formula is C19H30NO8P. The van der Waals surface area contributed by atoms with Crippen molar-refractivity contribution in [3.05, 3.63) is 23.8 Å². The number of ether oxygens (including phenoxy) is 1. The summed E-state index contributed by atoms with van der Waals surface area (Å²) in [4.78, 5) is 35.9. The van der Waals surface area contributed by atoms with Crippen molar-refractivity contribution in [2.45, 2.75) is 47.5 Å². The zero-order chi connectivity index (χ0) is 22.6. The lowest BCUT2D eigenvalue weighted by atomic mass is 10.1. The molecule has 1 aromatic carbocycles. The topological polar surface area (TPSA) is 119 Å². The van der Waals surface area contributed by atoms with Gasteiger partial charge in [-0.3, -0.25) is 24.2 Å². The second kappa shape index (κ2) is 13.2. The van der Waals surface area contributed by atoms with E-state index < -0.39 is 31.9 Å². The number of methoxy groups -OCH3 is 1. The number of hydrogen-bond donors (Lipinski definition) is 1. The molecule has 0 atom stereocenters. The molecule has 0 saturated carbocycles. The fraction of sp³-hybridized carbons (Fsp3) is 0.526. The minimum atomic E-state index is -3.95. The van der Waals surface area contributed by atoms with Crippen molar-refractivity contribution in [3.8, 4) is 5.75 Å². The molecule has 0 aliphatic heterocycles. The van der Waals surface area contributed by atoms with Gasteiger partial charge < -0.3 is 13.8 Å². The van der Waals surface area contributed by atoms with Crippen molar-refractivity contribution in [2.75, 3.05) is 25.4 Å². The third-order valence-electron chi connectivity index (χ3n) is 3.50. The number of ketones is 1. The van der Waals surface area contributed by atoms with E-state index in [1.54, 1.807) is 13.8 Å². The first-order valence-corrected chi connectivity index (χ1v) is 10.9. The molecule has 0 unspecified atom stereocenters. The summed E-state index contributed by atoms with van der Waals surface area (Å²) in [5.74, 6) is -0.821. The van der Waals surface area contributed by atoms with E-state index in [4.69, 9.17) is 13.8 Å². The third-order valence-corrected chi connectivity index (χ3v) is 5.53. The molecule has 9 nitrogen and oxygen atoms in total. The summed E-state index contributed by atoms with van der Waals surface area (Å²) in [7, 11) is -2.56. The molecule has 1 N–H and O–H groups in total. The minimum Gasteiger partial charge on any atom is -0.496 e. The molecule has 0 aromatic heterocycles. The van der Waals surface area contributed by atoms with E-state index >= 15 is 0 Å². The van der Waals surface area contributed by atoms with E-state index in [1.807, 2.05) is 13.8 Å². The zero-order valence-corrected chi connectivity index (χ0v) is 18.7. The van der Waals surface area contributed by atoms with E-state index in [2.05, 4.69) is 0 Å². The summed E-state index contributed by atoms with van der Waals surface area (Å²) in [5.41, 5.74) is -0.613. The van der Waals surface area contributed by atoms with E-state index in [-0.39, 0.29) is 30.2 Å². The molecule has 164 valence electrons. The lowest BCUT2D eigenvalue weighted by molar-refractivity contribution is -0.125. The first kappa shape index (κ1) is 26.9.